The van der Waals surface area contributed by atoms with Gasteiger partial charge in [0.25, 0.3) is 0 Å². The summed E-state index contributed by atoms with van der Waals surface area (Å²) in [5.74, 6) is 0.789. The van der Waals surface area contributed by atoms with Crippen molar-refractivity contribution in [1.29, 1.82) is 0 Å². The lowest BCUT2D eigenvalue weighted by molar-refractivity contribution is 0.444. The zero-order valence-corrected chi connectivity index (χ0v) is 7.90. The molecule has 1 rings (SSSR count). The molecule has 2 N–H and O–H groups in total. The molecule has 0 radical (unpaired) electrons. The van der Waals surface area contributed by atoms with E-state index in [4.69, 9.17) is 5.73 Å². The first-order valence-corrected chi connectivity index (χ1v) is 5.75. The largest absolute Gasteiger partial charge is 0.328 e. The summed E-state index contributed by atoms with van der Waals surface area (Å²) < 4.78 is 11.4. The van der Waals surface area contributed by atoms with Crippen molar-refractivity contribution >= 4 is 10.8 Å². The van der Waals surface area contributed by atoms with Gasteiger partial charge in [-0.1, -0.05) is 13.3 Å². The van der Waals surface area contributed by atoms with E-state index in [0.29, 0.717) is 11.3 Å². The van der Waals surface area contributed by atoms with Gasteiger partial charge in [0.05, 0.1) is 0 Å². The molecule has 3 atom stereocenters. The van der Waals surface area contributed by atoms with Crippen molar-refractivity contribution in [2.24, 2.45) is 5.73 Å². The molecule has 0 saturated heterocycles. The minimum atomic E-state index is -0.614. The third-order valence-corrected chi connectivity index (χ3v) is 4.06. The van der Waals surface area contributed by atoms with Gasteiger partial charge in [-0.05, 0) is 19.3 Å². The summed E-state index contributed by atoms with van der Waals surface area (Å²) in [6.07, 6.45) is 4.38. The van der Waals surface area contributed by atoms with Crippen molar-refractivity contribution in [3.8, 4) is 0 Å². The van der Waals surface area contributed by atoms with Crippen LogP contribution >= 0.6 is 0 Å². The van der Waals surface area contributed by atoms with E-state index in [1.54, 1.807) is 0 Å². The lowest BCUT2D eigenvalue weighted by Crippen LogP contribution is -2.33. The van der Waals surface area contributed by atoms with Crippen molar-refractivity contribution in [2.75, 3.05) is 5.75 Å². The van der Waals surface area contributed by atoms with Gasteiger partial charge in [0.1, 0.15) is 0 Å². The Bertz CT molecular complexity index is 149. The highest BCUT2D eigenvalue weighted by atomic mass is 32.2. The van der Waals surface area contributed by atoms with Gasteiger partial charge in [-0.3, -0.25) is 4.21 Å². The smallest absolute Gasteiger partial charge is 0.0362 e. The summed E-state index contributed by atoms with van der Waals surface area (Å²) in [6, 6.07) is 0.309. The van der Waals surface area contributed by atoms with E-state index in [1.165, 1.54) is 0 Å². The highest BCUT2D eigenvalue weighted by Gasteiger charge is 2.22. The fourth-order valence-electron chi connectivity index (χ4n) is 1.66. The molecular weight excluding hydrogens is 158 g/mol. The molecule has 0 aliphatic heterocycles. The van der Waals surface area contributed by atoms with Crippen LogP contribution in [0.25, 0.3) is 0 Å². The fraction of sp³-hybridized carbons (Fsp3) is 1.00. The molecule has 0 amide bonds. The lowest BCUT2D eigenvalue weighted by Gasteiger charge is -2.25. The Morgan fingerprint density at radius 3 is 2.82 bits per heavy atom. The van der Waals surface area contributed by atoms with E-state index in [9.17, 15) is 4.21 Å². The summed E-state index contributed by atoms with van der Waals surface area (Å²) >= 11 is 0. The standard InChI is InChI=1S/C8H17NOS/c1-2-11(10)8-5-3-4-7(9)6-8/h7-8H,2-6,9H2,1H3/t7-,8-,11+/m0/s1. The van der Waals surface area contributed by atoms with Gasteiger partial charge in [0.2, 0.25) is 0 Å². The second kappa shape index (κ2) is 4.21. The van der Waals surface area contributed by atoms with Gasteiger partial charge < -0.3 is 5.73 Å². The van der Waals surface area contributed by atoms with Gasteiger partial charge in [-0.25, -0.2) is 0 Å². The van der Waals surface area contributed by atoms with Crippen LogP contribution in [0.4, 0.5) is 0 Å². The molecular formula is C8H17NOS. The Kier molecular flexibility index (Phi) is 3.52. The van der Waals surface area contributed by atoms with Crippen LogP contribution < -0.4 is 5.73 Å². The van der Waals surface area contributed by atoms with Crippen LogP contribution in [-0.2, 0) is 10.8 Å². The summed E-state index contributed by atoms with van der Waals surface area (Å²) in [6.45, 7) is 1.98. The molecule has 0 spiro atoms. The van der Waals surface area contributed by atoms with Crippen molar-refractivity contribution in [3.05, 3.63) is 0 Å². The van der Waals surface area contributed by atoms with E-state index >= 15 is 0 Å². The molecule has 2 nitrogen and oxygen atoms in total. The molecule has 1 aliphatic carbocycles. The Balaban J connectivity index is 2.39. The predicted octanol–water partition coefficient (Wildman–Crippen LogP) is 1.02. The molecule has 0 bridgehead atoms. The molecule has 0 heterocycles. The molecule has 0 aromatic carbocycles. The minimum Gasteiger partial charge on any atom is -0.328 e. The monoisotopic (exact) mass is 175 g/mol. The highest BCUT2D eigenvalue weighted by molar-refractivity contribution is 7.85. The first-order chi connectivity index (χ1) is 5.24. The molecule has 1 saturated carbocycles. The van der Waals surface area contributed by atoms with Crippen molar-refractivity contribution < 1.29 is 4.21 Å². The first-order valence-electron chi connectivity index (χ1n) is 4.36. The van der Waals surface area contributed by atoms with E-state index in [2.05, 4.69) is 0 Å². The number of rotatable bonds is 2. The van der Waals surface area contributed by atoms with Gasteiger partial charge in [0, 0.05) is 27.8 Å². The Labute approximate surface area is 71.0 Å². The van der Waals surface area contributed by atoms with Crippen LogP contribution in [0.5, 0.6) is 0 Å². The minimum absolute atomic E-state index is 0.309. The Hall–Kier alpha value is 0.110. The maximum absolute atomic E-state index is 11.4. The predicted molar refractivity (Wildman–Crippen MR) is 48.9 cm³/mol. The van der Waals surface area contributed by atoms with Gasteiger partial charge in [0.15, 0.2) is 0 Å². The normalized spacial score (nSPS) is 35.1. The average molecular weight is 175 g/mol. The maximum Gasteiger partial charge on any atom is 0.0362 e. The quantitative estimate of drug-likeness (QED) is 0.681. The molecule has 1 aliphatic rings. The number of hydrogen-bond donors (Lipinski definition) is 1. The second-order valence-electron chi connectivity index (χ2n) is 3.22. The second-order valence-corrected chi connectivity index (χ2v) is 5.22. The van der Waals surface area contributed by atoms with Crippen molar-refractivity contribution in [3.63, 3.8) is 0 Å². The molecule has 3 heteroatoms. The molecule has 0 aromatic heterocycles. The molecule has 0 aromatic rings. The van der Waals surface area contributed by atoms with E-state index in [1.807, 2.05) is 6.92 Å². The molecule has 66 valence electrons. The van der Waals surface area contributed by atoms with Crippen LogP contribution in [0.15, 0.2) is 0 Å². The zero-order chi connectivity index (χ0) is 8.27. The van der Waals surface area contributed by atoms with Crippen LogP contribution in [0, 0.1) is 0 Å². The average Bonchev–Trinajstić information content (AvgIpc) is 2.03. The van der Waals surface area contributed by atoms with Crippen molar-refractivity contribution in [1.82, 2.24) is 0 Å². The topological polar surface area (TPSA) is 43.1 Å². The van der Waals surface area contributed by atoms with Crippen LogP contribution in [0.2, 0.25) is 0 Å². The summed E-state index contributed by atoms with van der Waals surface area (Å²) in [7, 11) is -0.614. The molecule has 0 unspecified atom stereocenters. The lowest BCUT2D eigenvalue weighted by atomic mass is 9.96. The Morgan fingerprint density at radius 1 is 1.55 bits per heavy atom. The van der Waals surface area contributed by atoms with Gasteiger partial charge in [-0.15, -0.1) is 0 Å². The van der Waals surface area contributed by atoms with Crippen LogP contribution in [0.3, 0.4) is 0 Å². The highest BCUT2D eigenvalue weighted by Crippen LogP contribution is 2.21. The molecule has 11 heavy (non-hydrogen) atoms. The zero-order valence-electron chi connectivity index (χ0n) is 7.08. The number of nitrogens with two attached hydrogens (primary N) is 1. The van der Waals surface area contributed by atoms with E-state index in [-0.39, 0.29) is 0 Å². The van der Waals surface area contributed by atoms with Crippen LogP contribution in [0.1, 0.15) is 32.6 Å². The summed E-state index contributed by atoms with van der Waals surface area (Å²) in [5.41, 5.74) is 5.78. The number of hydrogen-bond acceptors (Lipinski definition) is 2. The summed E-state index contributed by atoms with van der Waals surface area (Å²) in [5, 5.41) is 0.392. The summed E-state index contributed by atoms with van der Waals surface area (Å²) in [4.78, 5) is 0. The van der Waals surface area contributed by atoms with E-state index < -0.39 is 10.8 Å². The van der Waals surface area contributed by atoms with Crippen molar-refractivity contribution in [2.45, 2.75) is 43.9 Å². The third kappa shape index (κ3) is 2.56. The van der Waals surface area contributed by atoms with Gasteiger partial charge in [-0.2, -0.15) is 0 Å². The first kappa shape index (κ1) is 9.20. The fourth-order valence-corrected chi connectivity index (χ4v) is 3.02. The van der Waals surface area contributed by atoms with Gasteiger partial charge >= 0.3 is 0 Å². The molecule has 1 fully saturated rings. The maximum atomic E-state index is 11.4. The SMILES string of the molecule is CC[S@@](=O)[C@H]1CCC[C@H](N)C1. The Morgan fingerprint density at radius 2 is 2.27 bits per heavy atom. The third-order valence-electron chi connectivity index (χ3n) is 2.32. The van der Waals surface area contributed by atoms with E-state index in [0.717, 1.165) is 31.4 Å². The van der Waals surface area contributed by atoms with Crippen LogP contribution in [-0.4, -0.2) is 21.3 Å².